The third-order valence-corrected chi connectivity index (χ3v) is 3.24. The fourth-order valence-electron chi connectivity index (χ4n) is 1.82. The molecule has 0 bridgehead atoms. The number of unbranched alkanes of at least 4 members (excludes halogenated alkanes) is 8. The Balaban J connectivity index is 0. The monoisotopic (exact) mass is 318 g/mol. The predicted molar refractivity (Wildman–Crippen MR) is 92.0 cm³/mol. The predicted octanol–water partition coefficient (Wildman–Crippen LogP) is 5.75. The summed E-state index contributed by atoms with van der Waals surface area (Å²) in [5.41, 5.74) is 0. The summed E-state index contributed by atoms with van der Waals surface area (Å²) in [6.07, 6.45) is 13.1. The summed E-state index contributed by atoms with van der Waals surface area (Å²) in [6, 6.07) is 0. The molecule has 0 aliphatic heterocycles. The summed E-state index contributed by atoms with van der Waals surface area (Å²) < 4.78 is 0. The molecule has 1 N–H and O–H groups in total. The van der Waals surface area contributed by atoms with E-state index in [1.165, 1.54) is 44.9 Å². The maximum Gasteiger partial charge on any atom is 0.303 e. The van der Waals surface area contributed by atoms with Gasteiger partial charge < -0.3 is 5.11 Å². The Bertz CT molecular complexity index is 197. The molecule has 4 heteroatoms. The minimum absolute atomic E-state index is 0.337. The first-order valence-electron chi connectivity index (χ1n) is 9.15. The van der Waals surface area contributed by atoms with Crippen LogP contribution in [0.25, 0.3) is 0 Å². The lowest BCUT2D eigenvalue weighted by atomic mass is 10.1. The fourth-order valence-corrected chi connectivity index (χ4v) is 1.82. The van der Waals surface area contributed by atoms with Gasteiger partial charge in [0.1, 0.15) is 0 Å². The molecule has 0 fully saturated rings. The molecule has 0 heterocycles. The van der Waals surface area contributed by atoms with E-state index >= 15 is 0 Å². The third-order valence-electron chi connectivity index (χ3n) is 3.24. The summed E-state index contributed by atoms with van der Waals surface area (Å²) >= 11 is 0. The number of hydrogen-bond acceptors (Lipinski definition) is 3. The largest absolute Gasteiger partial charge is 0.481 e. The van der Waals surface area contributed by atoms with Gasteiger partial charge in [-0.05, 0) is 19.3 Å². The summed E-state index contributed by atoms with van der Waals surface area (Å²) in [5, 5.41) is 8.27. The minimum atomic E-state index is -0.670. The van der Waals surface area contributed by atoms with E-state index in [9.17, 15) is 4.79 Å². The molecule has 134 valence electrons. The average Bonchev–Trinajstić information content (AvgIpc) is 2.50. The summed E-state index contributed by atoms with van der Waals surface area (Å²) in [7, 11) is 0. The molecule has 4 nitrogen and oxygen atoms in total. The van der Waals surface area contributed by atoms with E-state index in [4.69, 9.17) is 14.9 Å². The van der Waals surface area contributed by atoms with Crippen molar-refractivity contribution in [1.82, 2.24) is 0 Å². The van der Waals surface area contributed by atoms with E-state index < -0.39 is 5.97 Å². The molecule has 0 aliphatic rings. The van der Waals surface area contributed by atoms with Crippen LogP contribution in [-0.2, 0) is 14.6 Å². The molecule has 0 unspecified atom stereocenters. The van der Waals surface area contributed by atoms with Crippen molar-refractivity contribution in [2.24, 2.45) is 0 Å². The molecule has 0 amide bonds. The van der Waals surface area contributed by atoms with Crippen LogP contribution in [0.4, 0.5) is 0 Å². The van der Waals surface area contributed by atoms with Crippen LogP contribution in [0.3, 0.4) is 0 Å². The quantitative estimate of drug-likeness (QED) is 0.237. The van der Waals surface area contributed by atoms with Gasteiger partial charge in [0.05, 0.1) is 13.2 Å². The second-order valence-electron chi connectivity index (χ2n) is 5.62. The van der Waals surface area contributed by atoms with Crippen LogP contribution in [0.5, 0.6) is 0 Å². The average molecular weight is 318 g/mol. The van der Waals surface area contributed by atoms with E-state index in [0.29, 0.717) is 6.42 Å². The van der Waals surface area contributed by atoms with Crippen molar-refractivity contribution < 1.29 is 19.7 Å². The van der Waals surface area contributed by atoms with E-state index in [1.807, 2.05) is 0 Å². The van der Waals surface area contributed by atoms with Crippen molar-refractivity contribution in [3.05, 3.63) is 0 Å². The highest BCUT2D eigenvalue weighted by Crippen LogP contribution is 2.04. The fraction of sp³-hybridized carbons (Fsp3) is 0.944. The molecule has 0 atom stereocenters. The maximum absolute atomic E-state index is 10.0. The van der Waals surface area contributed by atoms with Gasteiger partial charge >= 0.3 is 5.97 Å². The van der Waals surface area contributed by atoms with Crippen molar-refractivity contribution in [3.63, 3.8) is 0 Å². The number of aliphatic carboxylic acids is 1. The highest BCUT2D eigenvalue weighted by Gasteiger charge is 1.94. The minimum Gasteiger partial charge on any atom is -0.481 e. The highest BCUT2D eigenvalue weighted by molar-refractivity contribution is 5.66. The van der Waals surface area contributed by atoms with Crippen molar-refractivity contribution in [1.29, 1.82) is 0 Å². The third kappa shape index (κ3) is 27.7. The SMILES string of the molecule is CCCCCCCC(=O)O.CCCCCOOCCCCC. The molecule has 0 aliphatic carbocycles. The summed E-state index contributed by atoms with van der Waals surface area (Å²) in [6.45, 7) is 8.02. The first-order valence-corrected chi connectivity index (χ1v) is 9.15. The molecule has 0 saturated carbocycles. The Morgan fingerprint density at radius 1 is 0.682 bits per heavy atom. The number of hydrogen-bond donors (Lipinski definition) is 1. The van der Waals surface area contributed by atoms with Crippen LogP contribution in [0.2, 0.25) is 0 Å². The van der Waals surface area contributed by atoms with Gasteiger partial charge in [-0.1, -0.05) is 72.1 Å². The van der Waals surface area contributed by atoms with Gasteiger partial charge in [-0.15, -0.1) is 0 Å². The number of carboxylic acid groups (broad SMARTS) is 1. The Kier molecular flexibility index (Phi) is 24.4. The second-order valence-corrected chi connectivity index (χ2v) is 5.62. The zero-order valence-electron chi connectivity index (χ0n) is 15.1. The molecular formula is C18H38O4. The lowest BCUT2D eigenvalue weighted by Crippen LogP contribution is -1.98. The van der Waals surface area contributed by atoms with Crippen molar-refractivity contribution in [2.75, 3.05) is 13.2 Å². The van der Waals surface area contributed by atoms with Gasteiger partial charge in [-0.3, -0.25) is 4.79 Å². The Morgan fingerprint density at radius 2 is 1.09 bits per heavy atom. The lowest BCUT2D eigenvalue weighted by molar-refractivity contribution is -0.295. The molecule has 0 radical (unpaired) electrons. The molecule has 0 aromatic heterocycles. The summed E-state index contributed by atoms with van der Waals surface area (Å²) in [4.78, 5) is 20.0. The maximum atomic E-state index is 10.0. The first-order chi connectivity index (χ1) is 10.7. The van der Waals surface area contributed by atoms with Crippen molar-refractivity contribution in [3.8, 4) is 0 Å². The first kappa shape index (κ1) is 23.7. The molecule has 0 aromatic rings. The molecule has 22 heavy (non-hydrogen) atoms. The van der Waals surface area contributed by atoms with Crippen LogP contribution in [0, 0.1) is 0 Å². The van der Waals surface area contributed by atoms with E-state index in [2.05, 4.69) is 20.8 Å². The Hall–Kier alpha value is -0.610. The molecule has 0 saturated heterocycles. The lowest BCUT2D eigenvalue weighted by Gasteiger charge is -2.02. The molecule has 0 spiro atoms. The van der Waals surface area contributed by atoms with E-state index in [1.54, 1.807) is 0 Å². The van der Waals surface area contributed by atoms with E-state index in [-0.39, 0.29) is 0 Å². The Morgan fingerprint density at radius 3 is 1.50 bits per heavy atom. The number of rotatable bonds is 15. The van der Waals surface area contributed by atoms with Crippen molar-refractivity contribution in [2.45, 2.75) is 97.8 Å². The van der Waals surface area contributed by atoms with Gasteiger partial charge in [0.2, 0.25) is 0 Å². The Labute approximate surface area is 137 Å². The molecular weight excluding hydrogens is 280 g/mol. The van der Waals surface area contributed by atoms with Crippen molar-refractivity contribution >= 4 is 5.97 Å². The number of carboxylic acids is 1. The summed E-state index contributed by atoms with van der Waals surface area (Å²) in [5.74, 6) is -0.670. The highest BCUT2D eigenvalue weighted by atomic mass is 17.2. The van der Waals surface area contributed by atoms with Crippen LogP contribution in [-0.4, -0.2) is 24.3 Å². The van der Waals surface area contributed by atoms with E-state index in [0.717, 1.165) is 38.9 Å². The zero-order chi connectivity index (χ0) is 16.9. The van der Waals surface area contributed by atoms with Gasteiger partial charge in [-0.2, -0.15) is 0 Å². The van der Waals surface area contributed by atoms with Gasteiger partial charge in [0.15, 0.2) is 0 Å². The van der Waals surface area contributed by atoms with Gasteiger partial charge in [0, 0.05) is 6.42 Å². The molecule has 0 aromatic carbocycles. The topological polar surface area (TPSA) is 55.8 Å². The standard InChI is InChI=1S/C10H22O2.C8H16O2/c1-3-5-7-9-11-12-10-8-6-4-2;1-2-3-4-5-6-7-8(9)10/h3-10H2,1-2H3;2-7H2,1H3,(H,9,10). The van der Waals surface area contributed by atoms with Crippen LogP contribution in [0.1, 0.15) is 97.8 Å². The van der Waals surface area contributed by atoms with Crippen LogP contribution < -0.4 is 0 Å². The van der Waals surface area contributed by atoms with Gasteiger partial charge in [-0.25, -0.2) is 9.78 Å². The van der Waals surface area contributed by atoms with Gasteiger partial charge in [0.25, 0.3) is 0 Å². The number of carbonyl (C=O) groups is 1. The normalized spacial score (nSPS) is 10.1. The second kappa shape index (κ2) is 22.7. The smallest absolute Gasteiger partial charge is 0.303 e. The zero-order valence-corrected chi connectivity index (χ0v) is 15.1. The molecule has 0 rings (SSSR count). The van der Waals surface area contributed by atoms with Crippen LogP contribution >= 0.6 is 0 Å². The van der Waals surface area contributed by atoms with Crippen LogP contribution in [0.15, 0.2) is 0 Å².